The molecule has 0 fully saturated rings. The van der Waals surface area contributed by atoms with Crippen LogP contribution in [0.2, 0.25) is 0 Å². The molecular formula is C42H20N2S3. The Balaban J connectivity index is 1.25. The topological polar surface area (TPSA) is 9.86 Å². The molecule has 0 aliphatic rings. The minimum Gasteiger partial charge on any atom is -0.309 e. The van der Waals surface area contributed by atoms with Crippen molar-refractivity contribution in [1.29, 1.82) is 0 Å². The molecule has 0 spiro atoms. The molecule has 216 valence electrons. The van der Waals surface area contributed by atoms with Crippen molar-refractivity contribution in [1.82, 2.24) is 9.13 Å². The monoisotopic (exact) mass is 648 g/mol. The lowest BCUT2D eigenvalue weighted by molar-refractivity contribution is 1.18. The Morgan fingerprint density at radius 3 is 1.49 bits per heavy atom. The number of aromatic nitrogens is 2. The smallest absolute Gasteiger partial charge is 0.0655 e. The number of hydrogen-bond acceptors (Lipinski definition) is 3. The summed E-state index contributed by atoms with van der Waals surface area (Å²) in [6.45, 7) is 0. The van der Waals surface area contributed by atoms with Crippen molar-refractivity contribution in [2.24, 2.45) is 0 Å². The molecule has 0 aliphatic carbocycles. The third kappa shape index (κ3) is 2.70. The minimum absolute atomic E-state index is 1.19. The maximum absolute atomic E-state index is 2.57. The van der Waals surface area contributed by atoms with Crippen molar-refractivity contribution in [3.63, 3.8) is 0 Å². The molecule has 0 atom stereocenters. The zero-order chi connectivity index (χ0) is 30.1. The summed E-state index contributed by atoms with van der Waals surface area (Å²) in [6, 6.07) is 45.5. The first kappa shape index (κ1) is 24.0. The summed E-state index contributed by atoms with van der Waals surface area (Å²) in [4.78, 5) is 0. The van der Waals surface area contributed by atoms with Gasteiger partial charge in [0.25, 0.3) is 0 Å². The van der Waals surface area contributed by atoms with Crippen LogP contribution in [0.25, 0.3) is 116 Å². The second kappa shape index (κ2) is 8.01. The highest BCUT2D eigenvalue weighted by Gasteiger charge is 2.28. The van der Waals surface area contributed by atoms with Crippen molar-refractivity contribution >= 4 is 138 Å². The van der Waals surface area contributed by atoms with E-state index in [4.69, 9.17) is 0 Å². The van der Waals surface area contributed by atoms with Crippen LogP contribution in [0.15, 0.2) is 121 Å². The lowest BCUT2D eigenvalue weighted by atomic mass is 9.94. The Kier molecular flexibility index (Phi) is 4.10. The summed E-state index contributed by atoms with van der Waals surface area (Å²) in [7, 11) is 0. The van der Waals surface area contributed by atoms with Crippen LogP contribution < -0.4 is 0 Å². The van der Waals surface area contributed by atoms with Gasteiger partial charge in [0.1, 0.15) is 0 Å². The maximum atomic E-state index is 2.57. The largest absolute Gasteiger partial charge is 0.309 e. The van der Waals surface area contributed by atoms with Gasteiger partial charge in [-0.05, 0) is 66.7 Å². The summed E-state index contributed by atoms with van der Waals surface area (Å²) in [6.07, 6.45) is 0. The van der Waals surface area contributed by atoms with Gasteiger partial charge in [0, 0.05) is 83.0 Å². The standard InChI is InChI=1S/C42H20N2S3/c1-2-8-21(9-3-1)43-26-12-6-4-10-22(26)24-19-29-25(18-28(24)43)23-11-5-7-13-27(23)44(29)30-20-35-40-38-33(46-35)15-14-31-36(38)37-32(45-31)16-17-34-39(37)41(40)42(30)47-34/h1-20H. The van der Waals surface area contributed by atoms with Gasteiger partial charge in [0.2, 0.25) is 0 Å². The van der Waals surface area contributed by atoms with Crippen LogP contribution in [-0.2, 0) is 0 Å². The van der Waals surface area contributed by atoms with Crippen LogP contribution in [0.1, 0.15) is 0 Å². The van der Waals surface area contributed by atoms with Crippen LogP contribution in [0, 0.1) is 0 Å². The predicted octanol–water partition coefficient (Wildman–Crippen LogP) is 13.3. The summed E-state index contributed by atoms with van der Waals surface area (Å²) in [5.74, 6) is 0. The number of fused-ring (bicyclic) bond motifs is 6. The summed E-state index contributed by atoms with van der Waals surface area (Å²) < 4.78 is 13.4. The highest BCUT2D eigenvalue weighted by Crippen LogP contribution is 2.57. The summed E-state index contributed by atoms with van der Waals surface area (Å²) >= 11 is 5.87. The molecule has 0 amide bonds. The summed E-state index contributed by atoms with van der Waals surface area (Å²) in [5, 5.41) is 14.0. The molecule has 47 heavy (non-hydrogen) atoms. The molecule has 8 aromatic carbocycles. The molecule has 0 saturated carbocycles. The molecule has 13 aromatic rings. The average molecular weight is 649 g/mol. The lowest BCUT2D eigenvalue weighted by Crippen LogP contribution is -1.95. The van der Waals surface area contributed by atoms with Crippen LogP contribution in [0.3, 0.4) is 0 Å². The van der Waals surface area contributed by atoms with Gasteiger partial charge < -0.3 is 9.13 Å². The molecule has 13 rings (SSSR count). The number of nitrogens with zero attached hydrogens (tertiary/aromatic N) is 2. The molecular weight excluding hydrogens is 629 g/mol. The Hall–Kier alpha value is -5.20. The Morgan fingerprint density at radius 1 is 0.340 bits per heavy atom. The molecule has 2 nitrogen and oxygen atoms in total. The van der Waals surface area contributed by atoms with E-state index in [1.54, 1.807) is 0 Å². The molecule has 0 N–H and O–H groups in total. The number of rotatable bonds is 2. The van der Waals surface area contributed by atoms with Gasteiger partial charge in [-0.1, -0.05) is 54.6 Å². The molecule has 5 heteroatoms. The van der Waals surface area contributed by atoms with Gasteiger partial charge in [-0.15, -0.1) is 34.0 Å². The molecule has 5 aromatic heterocycles. The van der Waals surface area contributed by atoms with Gasteiger partial charge >= 0.3 is 0 Å². The first-order valence-corrected chi connectivity index (χ1v) is 18.4. The second-order valence-corrected chi connectivity index (χ2v) is 16.0. The zero-order valence-electron chi connectivity index (χ0n) is 24.7. The van der Waals surface area contributed by atoms with Gasteiger partial charge in [-0.2, -0.15) is 0 Å². The second-order valence-electron chi connectivity index (χ2n) is 12.8. The van der Waals surface area contributed by atoms with E-state index in [0.29, 0.717) is 0 Å². The van der Waals surface area contributed by atoms with Crippen LogP contribution in [-0.4, -0.2) is 9.13 Å². The molecule has 0 unspecified atom stereocenters. The zero-order valence-corrected chi connectivity index (χ0v) is 27.1. The molecule has 0 aliphatic heterocycles. The van der Waals surface area contributed by atoms with E-state index < -0.39 is 0 Å². The minimum atomic E-state index is 1.19. The van der Waals surface area contributed by atoms with Gasteiger partial charge in [0.05, 0.1) is 32.5 Å². The number of thiophene rings is 3. The average Bonchev–Trinajstić information content (AvgIpc) is 3.91. The van der Waals surface area contributed by atoms with Gasteiger partial charge in [-0.3, -0.25) is 0 Å². The fourth-order valence-electron chi connectivity index (χ4n) is 8.82. The van der Waals surface area contributed by atoms with Crippen LogP contribution in [0.5, 0.6) is 0 Å². The number of para-hydroxylation sites is 3. The Morgan fingerprint density at radius 2 is 0.830 bits per heavy atom. The SMILES string of the molecule is c1ccc(-n2c3ccccc3c3cc4c(cc32)c2ccccc2n4-c2cc3sc4ccc5sc6ccc7sc2c2c3c4c5c6c72)cc1. The van der Waals surface area contributed by atoms with E-state index in [2.05, 4.69) is 130 Å². The van der Waals surface area contributed by atoms with Gasteiger partial charge in [0.15, 0.2) is 0 Å². The fraction of sp³-hybridized carbons (Fsp3) is 0. The molecule has 0 radical (unpaired) electrons. The quantitative estimate of drug-likeness (QED) is 0.165. The predicted molar refractivity (Wildman–Crippen MR) is 207 cm³/mol. The van der Waals surface area contributed by atoms with Crippen molar-refractivity contribution in [2.75, 3.05) is 0 Å². The van der Waals surface area contributed by atoms with E-state index in [0.717, 1.165) is 0 Å². The van der Waals surface area contributed by atoms with Crippen molar-refractivity contribution in [3.8, 4) is 11.4 Å². The van der Waals surface area contributed by atoms with E-state index in [1.807, 2.05) is 34.0 Å². The third-order valence-corrected chi connectivity index (χ3v) is 14.0. The maximum Gasteiger partial charge on any atom is 0.0655 e. The van der Waals surface area contributed by atoms with Crippen LogP contribution >= 0.6 is 34.0 Å². The Bertz CT molecular complexity index is 3380. The summed E-state index contributed by atoms with van der Waals surface area (Å²) in [5.41, 5.74) is 7.47. The Labute approximate surface area is 278 Å². The van der Waals surface area contributed by atoms with E-state index in [-0.39, 0.29) is 0 Å². The highest BCUT2D eigenvalue weighted by atomic mass is 32.1. The van der Waals surface area contributed by atoms with E-state index in [9.17, 15) is 0 Å². The van der Waals surface area contributed by atoms with Gasteiger partial charge in [-0.25, -0.2) is 0 Å². The molecule has 0 saturated heterocycles. The normalized spacial score (nSPS) is 13.1. The fourth-order valence-corrected chi connectivity index (χ4v) is 12.3. The van der Waals surface area contributed by atoms with E-state index in [1.165, 1.54) is 116 Å². The van der Waals surface area contributed by atoms with E-state index >= 15 is 0 Å². The van der Waals surface area contributed by atoms with Crippen LogP contribution in [0.4, 0.5) is 0 Å². The van der Waals surface area contributed by atoms with Crippen molar-refractivity contribution < 1.29 is 0 Å². The first-order valence-electron chi connectivity index (χ1n) is 15.9. The third-order valence-electron chi connectivity index (χ3n) is 10.6. The number of hydrogen-bond donors (Lipinski definition) is 0. The highest BCUT2D eigenvalue weighted by molar-refractivity contribution is 7.30. The molecule has 5 heterocycles. The molecule has 0 bridgehead atoms. The number of benzene rings is 8. The van der Waals surface area contributed by atoms with Crippen molar-refractivity contribution in [2.45, 2.75) is 0 Å². The van der Waals surface area contributed by atoms with Crippen molar-refractivity contribution in [3.05, 3.63) is 121 Å². The first-order chi connectivity index (χ1) is 23.3. The lowest BCUT2D eigenvalue weighted by Gasteiger charge is -2.12.